The van der Waals surface area contributed by atoms with Crippen molar-refractivity contribution in [2.45, 2.75) is 27.3 Å². The van der Waals surface area contributed by atoms with E-state index in [1.165, 1.54) is 0 Å². The van der Waals surface area contributed by atoms with Gasteiger partial charge in [0.25, 0.3) is 0 Å². The fraction of sp³-hybridized carbons (Fsp3) is 0.333. The van der Waals surface area contributed by atoms with Gasteiger partial charge in [0.15, 0.2) is 0 Å². The number of ether oxygens (including phenoxy) is 2. The summed E-state index contributed by atoms with van der Waals surface area (Å²) in [5.41, 5.74) is 2.73. The quantitative estimate of drug-likeness (QED) is 0.375. The standard InChI is InChI=1S/C21H24ClNO4/c1-4-23-15(3)17(20(24)26-5-2)18(16-11-7-6-8-12-16)19(23)21(25)27-14-10-9-13-22/h6-12H,4-5,13-14H2,1-3H3. The molecule has 0 saturated carbocycles. The number of benzene rings is 1. The average molecular weight is 390 g/mol. The SMILES string of the molecule is CCOC(=O)c1c(-c2ccccc2)c(C(=O)OCC=CCCl)n(CC)c1C. The zero-order chi connectivity index (χ0) is 19.8. The van der Waals surface area contributed by atoms with Gasteiger partial charge in [-0.2, -0.15) is 0 Å². The van der Waals surface area contributed by atoms with E-state index in [-0.39, 0.29) is 13.2 Å². The maximum atomic E-state index is 12.9. The predicted octanol–water partition coefficient (Wildman–Crippen LogP) is 4.61. The summed E-state index contributed by atoms with van der Waals surface area (Å²) in [5, 5.41) is 0. The Bertz CT molecular complexity index is 824. The Kier molecular flexibility index (Phi) is 7.67. The molecule has 6 heteroatoms. The second kappa shape index (κ2) is 9.97. The van der Waals surface area contributed by atoms with Crippen LogP contribution >= 0.6 is 11.6 Å². The predicted molar refractivity (Wildman–Crippen MR) is 106 cm³/mol. The number of nitrogens with zero attached hydrogens (tertiary/aromatic N) is 1. The van der Waals surface area contributed by atoms with E-state index in [2.05, 4.69) is 0 Å². The monoisotopic (exact) mass is 389 g/mol. The molecule has 1 heterocycles. The first kappa shape index (κ1) is 20.8. The fourth-order valence-corrected chi connectivity index (χ4v) is 3.13. The Hall–Kier alpha value is -2.53. The third kappa shape index (κ3) is 4.61. The lowest BCUT2D eigenvalue weighted by Gasteiger charge is -2.10. The van der Waals surface area contributed by atoms with Crippen LogP contribution in [0.5, 0.6) is 0 Å². The highest BCUT2D eigenvalue weighted by atomic mass is 35.5. The third-order valence-corrected chi connectivity index (χ3v) is 4.32. The molecule has 0 aliphatic heterocycles. The molecule has 2 aromatic rings. The van der Waals surface area contributed by atoms with Gasteiger partial charge in [-0.05, 0) is 26.3 Å². The summed E-state index contributed by atoms with van der Waals surface area (Å²) in [7, 11) is 0. The summed E-state index contributed by atoms with van der Waals surface area (Å²) in [5.74, 6) is -0.588. The molecule has 144 valence electrons. The molecular weight excluding hydrogens is 366 g/mol. The van der Waals surface area contributed by atoms with Crippen molar-refractivity contribution in [3.05, 3.63) is 59.4 Å². The van der Waals surface area contributed by atoms with Gasteiger partial charge >= 0.3 is 11.9 Å². The molecule has 2 rings (SSSR count). The van der Waals surface area contributed by atoms with E-state index in [1.807, 2.05) is 44.2 Å². The summed E-state index contributed by atoms with van der Waals surface area (Å²) >= 11 is 5.59. The molecule has 0 amide bonds. The number of alkyl halides is 1. The van der Waals surface area contributed by atoms with Gasteiger partial charge in [-0.3, -0.25) is 0 Å². The second-order valence-corrected chi connectivity index (χ2v) is 6.05. The largest absolute Gasteiger partial charge is 0.462 e. The first-order valence-corrected chi connectivity index (χ1v) is 9.43. The molecule has 0 bridgehead atoms. The van der Waals surface area contributed by atoms with Crippen LogP contribution in [0.2, 0.25) is 0 Å². The van der Waals surface area contributed by atoms with Crippen LogP contribution in [0, 0.1) is 6.92 Å². The Morgan fingerprint density at radius 2 is 1.78 bits per heavy atom. The van der Waals surface area contributed by atoms with Crippen molar-refractivity contribution in [2.24, 2.45) is 0 Å². The molecule has 0 aliphatic rings. The van der Waals surface area contributed by atoms with Gasteiger partial charge in [0.2, 0.25) is 0 Å². The summed E-state index contributed by atoms with van der Waals surface area (Å²) in [6, 6.07) is 9.33. The van der Waals surface area contributed by atoms with Gasteiger partial charge in [0, 0.05) is 23.7 Å². The van der Waals surface area contributed by atoms with Crippen molar-refractivity contribution in [3.63, 3.8) is 0 Å². The number of hydrogen-bond acceptors (Lipinski definition) is 4. The molecule has 0 fully saturated rings. The topological polar surface area (TPSA) is 57.5 Å². The summed E-state index contributed by atoms with van der Waals surface area (Å²) in [6.07, 6.45) is 3.40. The molecule has 0 atom stereocenters. The van der Waals surface area contributed by atoms with Crippen molar-refractivity contribution in [1.82, 2.24) is 4.57 Å². The molecule has 0 N–H and O–H groups in total. The summed E-state index contributed by atoms with van der Waals surface area (Å²) in [6.45, 7) is 6.38. The van der Waals surface area contributed by atoms with Gasteiger partial charge in [0.05, 0.1) is 12.2 Å². The number of allylic oxidation sites excluding steroid dienone is 1. The number of carbonyl (C=O) groups is 2. The molecule has 1 aromatic heterocycles. The van der Waals surface area contributed by atoms with Gasteiger partial charge in [-0.15, -0.1) is 11.6 Å². The van der Waals surface area contributed by atoms with Crippen LogP contribution in [0.15, 0.2) is 42.5 Å². The molecule has 0 spiro atoms. The minimum absolute atomic E-state index is 0.114. The van der Waals surface area contributed by atoms with E-state index >= 15 is 0 Å². The van der Waals surface area contributed by atoms with Gasteiger partial charge in [-0.1, -0.05) is 42.5 Å². The van der Waals surface area contributed by atoms with Crippen molar-refractivity contribution in [3.8, 4) is 11.1 Å². The van der Waals surface area contributed by atoms with E-state index in [0.717, 1.165) is 5.56 Å². The fourth-order valence-electron chi connectivity index (χ4n) is 3.01. The van der Waals surface area contributed by atoms with E-state index in [1.54, 1.807) is 23.6 Å². The Balaban J connectivity index is 2.62. The van der Waals surface area contributed by atoms with Crippen LogP contribution in [0.25, 0.3) is 11.1 Å². The van der Waals surface area contributed by atoms with Gasteiger partial charge < -0.3 is 14.0 Å². The highest BCUT2D eigenvalue weighted by Crippen LogP contribution is 2.34. The lowest BCUT2D eigenvalue weighted by molar-refractivity contribution is 0.0523. The van der Waals surface area contributed by atoms with E-state index in [4.69, 9.17) is 21.1 Å². The molecule has 27 heavy (non-hydrogen) atoms. The van der Waals surface area contributed by atoms with E-state index < -0.39 is 11.9 Å². The first-order valence-electron chi connectivity index (χ1n) is 8.90. The number of halogens is 1. The number of rotatable bonds is 8. The number of esters is 2. The smallest absolute Gasteiger partial charge is 0.355 e. The summed E-state index contributed by atoms with van der Waals surface area (Å²) < 4.78 is 12.4. The van der Waals surface area contributed by atoms with Crippen molar-refractivity contribution >= 4 is 23.5 Å². The Labute approximate surface area is 164 Å². The van der Waals surface area contributed by atoms with Crippen molar-refractivity contribution < 1.29 is 19.1 Å². The van der Waals surface area contributed by atoms with Crippen LogP contribution in [-0.4, -0.2) is 35.6 Å². The van der Waals surface area contributed by atoms with Gasteiger partial charge in [0.1, 0.15) is 12.3 Å². The Morgan fingerprint density at radius 1 is 1.07 bits per heavy atom. The minimum Gasteiger partial charge on any atom is -0.462 e. The maximum Gasteiger partial charge on any atom is 0.355 e. The summed E-state index contributed by atoms with van der Waals surface area (Å²) in [4.78, 5) is 25.5. The van der Waals surface area contributed by atoms with Crippen LogP contribution in [-0.2, 0) is 16.0 Å². The zero-order valence-electron chi connectivity index (χ0n) is 15.8. The van der Waals surface area contributed by atoms with E-state index in [9.17, 15) is 9.59 Å². The maximum absolute atomic E-state index is 12.9. The normalized spacial score (nSPS) is 11.0. The van der Waals surface area contributed by atoms with Crippen LogP contribution in [0.1, 0.15) is 40.4 Å². The highest BCUT2D eigenvalue weighted by molar-refractivity contribution is 6.18. The van der Waals surface area contributed by atoms with Crippen LogP contribution in [0.3, 0.4) is 0 Å². The molecule has 0 unspecified atom stereocenters. The van der Waals surface area contributed by atoms with E-state index in [0.29, 0.717) is 34.9 Å². The lowest BCUT2D eigenvalue weighted by atomic mass is 10.00. The van der Waals surface area contributed by atoms with Gasteiger partial charge in [-0.25, -0.2) is 9.59 Å². The number of carbonyl (C=O) groups excluding carboxylic acids is 2. The molecule has 0 saturated heterocycles. The van der Waals surface area contributed by atoms with Crippen LogP contribution < -0.4 is 0 Å². The molecular formula is C21H24ClNO4. The van der Waals surface area contributed by atoms with Crippen molar-refractivity contribution in [2.75, 3.05) is 19.1 Å². The number of aromatic nitrogens is 1. The van der Waals surface area contributed by atoms with Crippen molar-refractivity contribution in [1.29, 1.82) is 0 Å². The van der Waals surface area contributed by atoms with Crippen LogP contribution in [0.4, 0.5) is 0 Å². The molecule has 5 nitrogen and oxygen atoms in total. The molecule has 0 aliphatic carbocycles. The average Bonchev–Trinajstić information content (AvgIpc) is 2.98. The lowest BCUT2D eigenvalue weighted by Crippen LogP contribution is -2.13. The zero-order valence-corrected chi connectivity index (χ0v) is 16.6. The number of hydrogen-bond donors (Lipinski definition) is 0. The highest BCUT2D eigenvalue weighted by Gasteiger charge is 2.30. The molecule has 1 aromatic carbocycles. The molecule has 0 radical (unpaired) electrons. The first-order chi connectivity index (χ1) is 13.1. The second-order valence-electron chi connectivity index (χ2n) is 5.74. The minimum atomic E-state index is -0.492. The Morgan fingerprint density at radius 3 is 2.37 bits per heavy atom. The third-order valence-electron chi connectivity index (χ3n) is 4.14.